The van der Waals surface area contributed by atoms with Crippen molar-refractivity contribution in [3.63, 3.8) is 0 Å². The van der Waals surface area contributed by atoms with Crippen LogP contribution in [0.15, 0.2) is 34.1 Å². The zero-order valence-electron chi connectivity index (χ0n) is 12.9. The molecule has 0 radical (unpaired) electrons. The van der Waals surface area contributed by atoms with Crippen molar-refractivity contribution in [2.75, 3.05) is 13.1 Å². The van der Waals surface area contributed by atoms with Crippen LogP contribution in [0.25, 0.3) is 0 Å². The van der Waals surface area contributed by atoms with E-state index in [1.165, 1.54) is 60.8 Å². The van der Waals surface area contributed by atoms with Crippen LogP contribution in [0, 0.1) is 0 Å². The highest BCUT2D eigenvalue weighted by Gasteiger charge is 2.23. The molecule has 0 saturated heterocycles. The molecule has 2 aromatic rings. The van der Waals surface area contributed by atoms with Gasteiger partial charge in [-0.2, -0.15) is 0 Å². The molecule has 1 aliphatic heterocycles. The van der Waals surface area contributed by atoms with E-state index in [0.717, 1.165) is 12.5 Å². The molecule has 22 heavy (non-hydrogen) atoms. The van der Waals surface area contributed by atoms with Crippen molar-refractivity contribution in [2.24, 2.45) is 0 Å². The van der Waals surface area contributed by atoms with Crippen LogP contribution >= 0.6 is 27.3 Å². The van der Waals surface area contributed by atoms with Gasteiger partial charge in [0.25, 0.3) is 0 Å². The molecule has 0 N–H and O–H groups in total. The van der Waals surface area contributed by atoms with Crippen LogP contribution in [0.1, 0.15) is 46.7 Å². The molecule has 116 valence electrons. The van der Waals surface area contributed by atoms with Crippen molar-refractivity contribution in [1.82, 2.24) is 4.90 Å². The highest BCUT2D eigenvalue weighted by atomic mass is 79.9. The molecule has 1 nitrogen and oxygen atoms in total. The predicted octanol–water partition coefficient (Wildman–Crippen LogP) is 5.38. The van der Waals surface area contributed by atoms with Crippen LogP contribution in [-0.2, 0) is 19.4 Å². The quantitative estimate of drug-likeness (QED) is 0.695. The van der Waals surface area contributed by atoms with Crippen LogP contribution in [0.2, 0.25) is 0 Å². The van der Waals surface area contributed by atoms with E-state index in [1.807, 2.05) is 11.3 Å². The second kappa shape index (κ2) is 6.46. The van der Waals surface area contributed by atoms with Crippen molar-refractivity contribution >= 4 is 27.3 Å². The predicted molar refractivity (Wildman–Crippen MR) is 97.7 cm³/mol. The van der Waals surface area contributed by atoms with Gasteiger partial charge in [0.1, 0.15) is 0 Å². The lowest BCUT2D eigenvalue weighted by atomic mass is 9.85. The maximum atomic E-state index is 3.70. The van der Waals surface area contributed by atoms with Crippen molar-refractivity contribution in [3.05, 3.63) is 55.7 Å². The fourth-order valence-corrected chi connectivity index (χ4v) is 5.65. The zero-order valence-corrected chi connectivity index (χ0v) is 15.3. The molecule has 2 heterocycles. The minimum atomic E-state index is 0.805. The summed E-state index contributed by atoms with van der Waals surface area (Å²) in [4.78, 5) is 4.30. The van der Waals surface area contributed by atoms with Crippen LogP contribution < -0.4 is 0 Å². The molecular formula is C19H22BrNS. The highest BCUT2D eigenvalue weighted by molar-refractivity contribution is 9.10. The van der Waals surface area contributed by atoms with Gasteiger partial charge in [0, 0.05) is 22.4 Å². The lowest BCUT2D eigenvalue weighted by molar-refractivity contribution is 0.241. The van der Waals surface area contributed by atoms with Gasteiger partial charge in [0.15, 0.2) is 0 Å². The number of aryl methyl sites for hydroxylation is 1. The van der Waals surface area contributed by atoms with E-state index in [1.54, 1.807) is 10.4 Å². The molecule has 0 bridgehead atoms. The normalized spacial score (nSPS) is 21.4. The maximum absolute atomic E-state index is 3.70. The Morgan fingerprint density at radius 3 is 3.14 bits per heavy atom. The number of thiophene rings is 1. The molecule has 1 atom stereocenters. The molecule has 1 aromatic heterocycles. The van der Waals surface area contributed by atoms with E-state index in [9.17, 15) is 0 Å². The van der Waals surface area contributed by atoms with E-state index in [-0.39, 0.29) is 0 Å². The van der Waals surface area contributed by atoms with Gasteiger partial charge in [-0.15, -0.1) is 11.3 Å². The first-order valence-electron chi connectivity index (χ1n) is 8.36. The standard InChI is InChI=1S/C19H22BrNS/c20-18-5-1-4-15-13-21(11-8-16(15)18)10-7-14-3-2-6-19-17(14)9-12-22-19/h1,4-5,9,12,14H,2-3,6-8,10-11,13H2. The molecule has 0 fully saturated rings. The minimum absolute atomic E-state index is 0.805. The molecule has 0 saturated carbocycles. The fourth-order valence-electron chi connectivity index (χ4n) is 4.03. The number of hydrogen-bond donors (Lipinski definition) is 0. The number of nitrogens with zero attached hydrogens (tertiary/aromatic N) is 1. The first-order valence-corrected chi connectivity index (χ1v) is 10.0. The Hall–Kier alpha value is -0.640. The molecular weight excluding hydrogens is 354 g/mol. The van der Waals surface area contributed by atoms with Crippen molar-refractivity contribution in [2.45, 2.75) is 44.6 Å². The van der Waals surface area contributed by atoms with Crippen molar-refractivity contribution in [3.8, 4) is 0 Å². The number of benzene rings is 1. The summed E-state index contributed by atoms with van der Waals surface area (Å²) in [5.41, 5.74) is 4.70. The maximum Gasteiger partial charge on any atom is 0.0237 e. The third kappa shape index (κ3) is 2.91. The zero-order chi connectivity index (χ0) is 14.9. The van der Waals surface area contributed by atoms with Gasteiger partial charge in [-0.05, 0) is 78.8 Å². The summed E-state index contributed by atoms with van der Waals surface area (Å²) in [5, 5.41) is 2.29. The molecule has 2 aliphatic rings. The lowest BCUT2D eigenvalue weighted by Crippen LogP contribution is -2.32. The largest absolute Gasteiger partial charge is 0.299 e. The average Bonchev–Trinajstić information content (AvgIpc) is 3.02. The Bertz CT molecular complexity index is 663. The summed E-state index contributed by atoms with van der Waals surface area (Å²) in [7, 11) is 0. The van der Waals surface area contributed by atoms with Gasteiger partial charge in [-0.1, -0.05) is 28.1 Å². The van der Waals surface area contributed by atoms with Crippen molar-refractivity contribution < 1.29 is 0 Å². The SMILES string of the molecule is Brc1cccc2c1CCN(CCC1CCCc3sccc31)C2. The lowest BCUT2D eigenvalue weighted by Gasteiger charge is -2.31. The van der Waals surface area contributed by atoms with E-state index >= 15 is 0 Å². The van der Waals surface area contributed by atoms with Gasteiger partial charge < -0.3 is 0 Å². The molecule has 1 aromatic carbocycles. The molecule has 4 rings (SSSR count). The second-order valence-corrected chi connectivity index (χ2v) is 8.44. The Morgan fingerprint density at radius 1 is 1.23 bits per heavy atom. The summed E-state index contributed by atoms with van der Waals surface area (Å²) in [5.74, 6) is 0.805. The van der Waals surface area contributed by atoms with Gasteiger partial charge in [-0.25, -0.2) is 0 Å². The van der Waals surface area contributed by atoms with Crippen LogP contribution in [0.4, 0.5) is 0 Å². The second-order valence-electron chi connectivity index (χ2n) is 6.58. The van der Waals surface area contributed by atoms with E-state index in [2.05, 4.69) is 50.5 Å². The fraction of sp³-hybridized carbons (Fsp3) is 0.474. The molecule has 1 unspecified atom stereocenters. The van der Waals surface area contributed by atoms with E-state index in [4.69, 9.17) is 0 Å². The monoisotopic (exact) mass is 375 g/mol. The minimum Gasteiger partial charge on any atom is -0.299 e. The highest BCUT2D eigenvalue weighted by Crippen LogP contribution is 2.37. The molecule has 0 amide bonds. The first-order chi connectivity index (χ1) is 10.8. The van der Waals surface area contributed by atoms with Crippen LogP contribution in [0.5, 0.6) is 0 Å². The first kappa shape index (κ1) is 14.9. The Kier molecular flexibility index (Phi) is 4.38. The number of fused-ring (bicyclic) bond motifs is 2. The Balaban J connectivity index is 1.40. The average molecular weight is 376 g/mol. The van der Waals surface area contributed by atoms with Crippen molar-refractivity contribution in [1.29, 1.82) is 0 Å². The summed E-state index contributed by atoms with van der Waals surface area (Å²) in [6.45, 7) is 3.57. The summed E-state index contributed by atoms with van der Waals surface area (Å²) in [6, 6.07) is 9.02. The summed E-state index contributed by atoms with van der Waals surface area (Å²) in [6.07, 6.45) is 6.60. The van der Waals surface area contributed by atoms with Crippen LogP contribution in [0.3, 0.4) is 0 Å². The number of hydrogen-bond acceptors (Lipinski definition) is 2. The Morgan fingerprint density at radius 2 is 2.18 bits per heavy atom. The smallest absolute Gasteiger partial charge is 0.0237 e. The molecule has 1 aliphatic carbocycles. The third-order valence-electron chi connectivity index (χ3n) is 5.26. The van der Waals surface area contributed by atoms with Gasteiger partial charge >= 0.3 is 0 Å². The third-order valence-corrected chi connectivity index (χ3v) is 7.00. The van der Waals surface area contributed by atoms with Gasteiger partial charge in [-0.3, -0.25) is 4.90 Å². The summed E-state index contributed by atoms with van der Waals surface area (Å²) >= 11 is 5.66. The van der Waals surface area contributed by atoms with Gasteiger partial charge in [0.2, 0.25) is 0 Å². The van der Waals surface area contributed by atoms with Gasteiger partial charge in [0.05, 0.1) is 0 Å². The number of halogens is 1. The topological polar surface area (TPSA) is 3.24 Å². The van der Waals surface area contributed by atoms with E-state index in [0.29, 0.717) is 0 Å². The molecule has 0 spiro atoms. The number of rotatable bonds is 3. The molecule has 3 heteroatoms. The summed E-state index contributed by atoms with van der Waals surface area (Å²) < 4.78 is 1.29. The Labute approximate surface area is 145 Å². The van der Waals surface area contributed by atoms with Crippen LogP contribution in [-0.4, -0.2) is 18.0 Å². The van der Waals surface area contributed by atoms with E-state index < -0.39 is 0 Å².